The molecule has 2 aromatic carbocycles. The van der Waals surface area contributed by atoms with Crippen LogP contribution in [0.2, 0.25) is 5.02 Å². The molecule has 0 fully saturated rings. The van der Waals surface area contributed by atoms with Gasteiger partial charge < -0.3 is 10.1 Å². The van der Waals surface area contributed by atoms with Crippen molar-refractivity contribution in [2.24, 2.45) is 0 Å². The molecule has 0 aliphatic carbocycles. The number of nitrogens with one attached hydrogen (secondary N) is 1. The first kappa shape index (κ1) is 15.8. The van der Waals surface area contributed by atoms with Crippen LogP contribution in [0, 0.1) is 5.82 Å². The molecule has 2 aromatic rings. The van der Waals surface area contributed by atoms with Crippen molar-refractivity contribution in [2.45, 2.75) is 19.4 Å². The van der Waals surface area contributed by atoms with Gasteiger partial charge >= 0.3 is 0 Å². The van der Waals surface area contributed by atoms with Gasteiger partial charge in [-0.05, 0) is 61.9 Å². The van der Waals surface area contributed by atoms with E-state index in [4.69, 9.17) is 16.3 Å². The molecular weight excluding hydrogens is 289 g/mol. The molecule has 0 spiro atoms. The molecule has 0 saturated carbocycles. The molecule has 1 unspecified atom stereocenters. The Morgan fingerprint density at radius 2 is 2.05 bits per heavy atom. The maximum absolute atomic E-state index is 13.9. The van der Waals surface area contributed by atoms with E-state index in [2.05, 4.69) is 5.32 Å². The molecule has 1 atom stereocenters. The van der Waals surface area contributed by atoms with Gasteiger partial charge in [0.1, 0.15) is 11.6 Å². The molecule has 112 valence electrons. The number of benzene rings is 2. The number of likely N-dealkylation sites (N-methyl/N-ethyl adjacent to an activating group) is 1. The van der Waals surface area contributed by atoms with Crippen molar-refractivity contribution >= 4 is 11.6 Å². The van der Waals surface area contributed by atoms with Gasteiger partial charge in [-0.15, -0.1) is 0 Å². The van der Waals surface area contributed by atoms with Crippen LogP contribution in [0.15, 0.2) is 42.5 Å². The Morgan fingerprint density at radius 3 is 2.76 bits per heavy atom. The molecule has 2 nitrogen and oxygen atoms in total. The van der Waals surface area contributed by atoms with E-state index < -0.39 is 0 Å². The molecule has 4 heteroatoms. The number of rotatable bonds is 6. The Balaban J connectivity index is 2.23. The highest BCUT2D eigenvalue weighted by Gasteiger charge is 2.14. The van der Waals surface area contributed by atoms with Crippen LogP contribution >= 0.6 is 11.6 Å². The van der Waals surface area contributed by atoms with E-state index >= 15 is 0 Å². The summed E-state index contributed by atoms with van der Waals surface area (Å²) in [6.45, 7) is 2.57. The average Bonchev–Trinajstić information content (AvgIpc) is 2.49. The molecule has 21 heavy (non-hydrogen) atoms. The molecule has 0 saturated heterocycles. The number of halogens is 2. The van der Waals surface area contributed by atoms with Crippen LogP contribution in [-0.4, -0.2) is 13.7 Å². The predicted octanol–water partition coefficient (Wildman–Crippen LogP) is 4.38. The molecule has 0 amide bonds. The fourth-order valence-electron chi connectivity index (χ4n) is 2.29. The van der Waals surface area contributed by atoms with E-state index in [-0.39, 0.29) is 11.9 Å². The van der Waals surface area contributed by atoms with Crippen molar-refractivity contribution in [3.05, 3.63) is 64.4 Å². The number of ether oxygens (including phenoxy) is 1. The van der Waals surface area contributed by atoms with E-state index in [0.29, 0.717) is 23.6 Å². The highest BCUT2D eigenvalue weighted by atomic mass is 35.5. The summed E-state index contributed by atoms with van der Waals surface area (Å²) in [4.78, 5) is 0. The first-order valence-corrected chi connectivity index (χ1v) is 7.35. The molecular formula is C17H19ClFNO. The third kappa shape index (κ3) is 4.19. The van der Waals surface area contributed by atoms with Gasteiger partial charge in [0, 0.05) is 11.1 Å². The van der Waals surface area contributed by atoms with Crippen LogP contribution in [0.1, 0.15) is 24.1 Å². The van der Waals surface area contributed by atoms with Crippen molar-refractivity contribution in [3.63, 3.8) is 0 Å². The first-order chi connectivity index (χ1) is 10.1. The zero-order valence-electron chi connectivity index (χ0n) is 12.2. The van der Waals surface area contributed by atoms with Crippen LogP contribution in [0.3, 0.4) is 0 Å². The standard InChI is InChI=1S/C17H19ClFNO/c1-3-21-15-6-4-5-12(10-15)17(20-2)11-13-9-14(18)7-8-16(13)19/h4-10,17,20H,3,11H2,1-2H3. The summed E-state index contributed by atoms with van der Waals surface area (Å²) in [5.41, 5.74) is 1.66. The summed E-state index contributed by atoms with van der Waals surface area (Å²) in [5.74, 6) is 0.586. The summed E-state index contributed by atoms with van der Waals surface area (Å²) in [6.07, 6.45) is 0.526. The van der Waals surface area contributed by atoms with Crippen molar-refractivity contribution in [2.75, 3.05) is 13.7 Å². The minimum atomic E-state index is -0.236. The number of hydrogen-bond acceptors (Lipinski definition) is 2. The predicted molar refractivity (Wildman–Crippen MR) is 84.5 cm³/mol. The maximum Gasteiger partial charge on any atom is 0.126 e. The Morgan fingerprint density at radius 1 is 1.24 bits per heavy atom. The van der Waals surface area contributed by atoms with Crippen molar-refractivity contribution in [1.29, 1.82) is 0 Å². The first-order valence-electron chi connectivity index (χ1n) is 6.98. The van der Waals surface area contributed by atoms with Gasteiger partial charge in [-0.25, -0.2) is 4.39 Å². The fraction of sp³-hybridized carbons (Fsp3) is 0.294. The zero-order chi connectivity index (χ0) is 15.2. The SMILES string of the molecule is CCOc1cccc(C(Cc2cc(Cl)ccc2F)NC)c1. The summed E-state index contributed by atoms with van der Waals surface area (Å²) in [6, 6.07) is 12.5. The molecule has 0 radical (unpaired) electrons. The molecule has 0 bridgehead atoms. The second kappa shape index (κ2) is 7.43. The lowest BCUT2D eigenvalue weighted by molar-refractivity contribution is 0.339. The largest absolute Gasteiger partial charge is 0.494 e. The van der Waals surface area contributed by atoms with Crippen LogP contribution in [0.5, 0.6) is 5.75 Å². The van der Waals surface area contributed by atoms with E-state index in [1.807, 2.05) is 38.2 Å². The zero-order valence-corrected chi connectivity index (χ0v) is 13.0. The molecule has 1 N–H and O–H groups in total. The monoisotopic (exact) mass is 307 g/mol. The van der Waals surface area contributed by atoms with Crippen molar-refractivity contribution in [1.82, 2.24) is 5.32 Å². The van der Waals surface area contributed by atoms with Gasteiger partial charge in [0.25, 0.3) is 0 Å². The normalized spacial score (nSPS) is 12.2. The van der Waals surface area contributed by atoms with Gasteiger partial charge in [-0.3, -0.25) is 0 Å². The highest BCUT2D eigenvalue weighted by Crippen LogP contribution is 2.25. The van der Waals surface area contributed by atoms with Crippen LogP contribution in [0.4, 0.5) is 4.39 Å². The molecule has 0 aliphatic rings. The quantitative estimate of drug-likeness (QED) is 0.855. The number of hydrogen-bond donors (Lipinski definition) is 1. The van der Waals surface area contributed by atoms with Gasteiger partial charge in [0.15, 0.2) is 0 Å². The van der Waals surface area contributed by atoms with Crippen LogP contribution in [-0.2, 0) is 6.42 Å². The van der Waals surface area contributed by atoms with Crippen LogP contribution < -0.4 is 10.1 Å². The van der Waals surface area contributed by atoms with Crippen molar-refractivity contribution < 1.29 is 9.13 Å². The average molecular weight is 308 g/mol. The summed E-state index contributed by atoms with van der Waals surface area (Å²) < 4.78 is 19.4. The molecule has 0 aromatic heterocycles. The second-order valence-electron chi connectivity index (χ2n) is 4.79. The van der Waals surface area contributed by atoms with E-state index in [1.54, 1.807) is 12.1 Å². The lowest BCUT2D eigenvalue weighted by Crippen LogP contribution is -2.19. The maximum atomic E-state index is 13.9. The molecule has 0 heterocycles. The minimum absolute atomic E-state index is 0.00151. The molecule has 2 rings (SSSR count). The summed E-state index contributed by atoms with van der Waals surface area (Å²) >= 11 is 5.95. The highest BCUT2D eigenvalue weighted by molar-refractivity contribution is 6.30. The third-order valence-electron chi connectivity index (χ3n) is 3.35. The smallest absolute Gasteiger partial charge is 0.126 e. The second-order valence-corrected chi connectivity index (χ2v) is 5.22. The van der Waals surface area contributed by atoms with Gasteiger partial charge in [-0.1, -0.05) is 23.7 Å². The van der Waals surface area contributed by atoms with Gasteiger partial charge in [-0.2, -0.15) is 0 Å². The Bertz CT molecular complexity index is 603. The Kier molecular flexibility index (Phi) is 5.59. The lowest BCUT2D eigenvalue weighted by atomic mass is 9.98. The summed E-state index contributed by atoms with van der Waals surface area (Å²) in [7, 11) is 1.86. The van der Waals surface area contributed by atoms with Crippen molar-refractivity contribution in [3.8, 4) is 5.75 Å². The van der Waals surface area contributed by atoms with Gasteiger partial charge in [0.2, 0.25) is 0 Å². The Labute approximate surface area is 129 Å². The topological polar surface area (TPSA) is 21.3 Å². The van der Waals surface area contributed by atoms with E-state index in [1.165, 1.54) is 6.07 Å². The fourth-order valence-corrected chi connectivity index (χ4v) is 2.49. The minimum Gasteiger partial charge on any atom is -0.494 e. The van der Waals surface area contributed by atoms with Gasteiger partial charge in [0.05, 0.1) is 6.61 Å². The van der Waals surface area contributed by atoms with E-state index in [0.717, 1.165) is 11.3 Å². The summed E-state index contributed by atoms with van der Waals surface area (Å²) in [5, 5.41) is 3.76. The lowest BCUT2D eigenvalue weighted by Gasteiger charge is -2.18. The molecule has 0 aliphatic heterocycles. The van der Waals surface area contributed by atoms with E-state index in [9.17, 15) is 4.39 Å². The Hall–Kier alpha value is -1.58. The third-order valence-corrected chi connectivity index (χ3v) is 3.59. The van der Waals surface area contributed by atoms with Crippen LogP contribution in [0.25, 0.3) is 0 Å².